The lowest BCUT2D eigenvalue weighted by molar-refractivity contribution is 0.276. The minimum absolute atomic E-state index is 0.0233. The van der Waals surface area contributed by atoms with Crippen molar-refractivity contribution < 1.29 is 5.11 Å². The molecule has 0 bridgehead atoms. The number of nitrogens with zero attached hydrogens (tertiary/aromatic N) is 2. The topological polar surface area (TPSA) is 55.1 Å². The number of pyridine rings is 2. The molecule has 0 aliphatic carbocycles. The van der Waals surface area contributed by atoms with Gasteiger partial charge in [-0.1, -0.05) is 0 Å². The van der Waals surface area contributed by atoms with Gasteiger partial charge in [-0.3, -0.25) is 4.79 Å². The molecule has 0 spiro atoms. The third-order valence-electron chi connectivity index (χ3n) is 2.40. The van der Waals surface area contributed by atoms with Gasteiger partial charge in [0.2, 0.25) is 0 Å². The molecule has 0 atom stereocenters. The van der Waals surface area contributed by atoms with Gasteiger partial charge in [0.15, 0.2) is 5.43 Å². The van der Waals surface area contributed by atoms with Crippen molar-refractivity contribution >= 4 is 11.0 Å². The summed E-state index contributed by atoms with van der Waals surface area (Å²) < 4.78 is 1.84. The zero-order chi connectivity index (χ0) is 10.8. The monoisotopic (exact) mass is 204 g/mol. The minimum Gasteiger partial charge on any atom is -0.395 e. The second-order valence-corrected chi connectivity index (χ2v) is 3.40. The molecule has 2 aromatic rings. The standard InChI is InChI=1S/C11H12N2O2/c1-8-7-10(15)9-3-2-4-12-11(9)13(8)5-6-14/h2-4,7,14H,5-6H2,1H3. The highest BCUT2D eigenvalue weighted by molar-refractivity contribution is 5.74. The molecule has 2 aromatic heterocycles. The Balaban J connectivity index is 2.83. The Kier molecular flexibility index (Phi) is 2.51. The Morgan fingerprint density at radius 3 is 3.07 bits per heavy atom. The van der Waals surface area contributed by atoms with Crippen LogP contribution in [0, 0.1) is 6.92 Å². The number of aryl methyl sites for hydroxylation is 1. The number of rotatable bonds is 2. The largest absolute Gasteiger partial charge is 0.395 e. The third kappa shape index (κ3) is 1.64. The van der Waals surface area contributed by atoms with E-state index in [2.05, 4.69) is 4.98 Å². The van der Waals surface area contributed by atoms with Gasteiger partial charge in [0, 0.05) is 24.5 Å². The van der Waals surface area contributed by atoms with Crippen molar-refractivity contribution in [2.75, 3.05) is 6.61 Å². The summed E-state index contributed by atoms with van der Waals surface area (Å²) in [6, 6.07) is 5.06. The molecule has 4 heteroatoms. The van der Waals surface area contributed by atoms with Crippen molar-refractivity contribution in [3.8, 4) is 0 Å². The fraction of sp³-hybridized carbons (Fsp3) is 0.273. The quantitative estimate of drug-likeness (QED) is 0.783. The molecule has 78 valence electrons. The van der Waals surface area contributed by atoms with Crippen molar-refractivity contribution in [2.45, 2.75) is 13.5 Å². The molecule has 0 aliphatic rings. The summed E-state index contributed by atoms with van der Waals surface area (Å²) in [5, 5.41) is 9.54. The number of hydrogen-bond donors (Lipinski definition) is 1. The number of aliphatic hydroxyl groups excluding tert-OH is 1. The lowest BCUT2D eigenvalue weighted by Gasteiger charge is -2.11. The van der Waals surface area contributed by atoms with Gasteiger partial charge in [0.05, 0.1) is 12.0 Å². The minimum atomic E-state index is -0.0233. The van der Waals surface area contributed by atoms with Gasteiger partial charge in [0.1, 0.15) is 5.65 Å². The van der Waals surface area contributed by atoms with E-state index in [4.69, 9.17) is 5.11 Å². The molecular weight excluding hydrogens is 192 g/mol. The van der Waals surface area contributed by atoms with E-state index >= 15 is 0 Å². The Hall–Kier alpha value is -1.68. The van der Waals surface area contributed by atoms with Gasteiger partial charge < -0.3 is 9.67 Å². The summed E-state index contributed by atoms with van der Waals surface area (Å²) in [6.45, 7) is 2.33. The van der Waals surface area contributed by atoms with Crippen molar-refractivity contribution in [1.29, 1.82) is 0 Å². The Morgan fingerprint density at radius 2 is 2.33 bits per heavy atom. The van der Waals surface area contributed by atoms with E-state index in [-0.39, 0.29) is 12.0 Å². The number of hydrogen-bond acceptors (Lipinski definition) is 3. The lowest BCUT2D eigenvalue weighted by Crippen LogP contribution is -2.14. The Morgan fingerprint density at radius 1 is 1.53 bits per heavy atom. The van der Waals surface area contributed by atoms with Gasteiger partial charge in [0.25, 0.3) is 0 Å². The van der Waals surface area contributed by atoms with Crippen molar-refractivity contribution in [2.24, 2.45) is 0 Å². The maximum Gasteiger partial charge on any atom is 0.191 e. The zero-order valence-electron chi connectivity index (χ0n) is 8.47. The molecule has 0 aromatic carbocycles. The third-order valence-corrected chi connectivity index (χ3v) is 2.40. The summed E-state index contributed by atoms with van der Waals surface area (Å²) in [5.74, 6) is 0. The van der Waals surface area contributed by atoms with Crippen LogP contribution >= 0.6 is 0 Å². The normalized spacial score (nSPS) is 10.8. The van der Waals surface area contributed by atoms with E-state index in [9.17, 15) is 4.79 Å². The molecular formula is C11H12N2O2. The van der Waals surface area contributed by atoms with Crippen LogP contribution in [-0.2, 0) is 6.54 Å². The molecule has 1 N–H and O–H groups in total. The van der Waals surface area contributed by atoms with Crippen LogP contribution < -0.4 is 5.43 Å². The molecule has 0 fully saturated rings. The van der Waals surface area contributed by atoms with Gasteiger partial charge in [-0.05, 0) is 19.1 Å². The average molecular weight is 204 g/mol. The van der Waals surface area contributed by atoms with E-state index in [1.165, 1.54) is 0 Å². The SMILES string of the molecule is Cc1cc(=O)c2cccnc2n1CCO. The molecule has 0 unspecified atom stereocenters. The van der Waals surface area contributed by atoms with Crippen molar-refractivity contribution in [3.63, 3.8) is 0 Å². The molecule has 15 heavy (non-hydrogen) atoms. The smallest absolute Gasteiger partial charge is 0.191 e. The summed E-state index contributed by atoms with van der Waals surface area (Å²) in [6.07, 6.45) is 1.65. The molecule has 0 amide bonds. The maximum atomic E-state index is 11.6. The van der Waals surface area contributed by atoms with E-state index in [0.717, 1.165) is 5.69 Å². The number of fused-ring (bicyclic) bond motifs is 1. The van der Waals surface area contributed by atoms with Crippen LogP contribution in [0.25, 0.3) is 11.0 Å². The van der Waals surface area contributed by atoms with E-state index < -0.39 is 0 Å². The fourth-order valence-corrected chi connectivity index (χ4v) is 1.70. The first kappa shape index (κ1) is 9.86. The first-order chi connectivity index (χ1) is 7.24. The molecule has 0 saturated carbocycles. The highest BCUT2D eigenvalue weighted by atomic mass is 16.3. The van der Waals surface area contributed by atoms with Crippen LogP contribution in [0.4, 0.5) is 0 Å². The highest BCUT2D eigenvalue weighted by Gasteiger charge is 2.05. The van der Waals surface area contributed by atoms with Crippen LogP contribution in [-0.4, -0.2) is 21.3 Å². The lowest BCUT2D eigenvalue weighted by atomic mass is 10.2. The Labute approximate surface area is 86.8 Å². The first-order valence-corrected chi connectivity index (χ1v) is 4.80. The van der Waals surface area contributed by atoms with Gasteiger partial charge in [-0.25, -0.2) is 4.98 Å². The van der Waals surface area contributed by atoms with Crippen LogP contribution in [0.5, 0.6) is 0 Å². The number of aliphatic hydroxyl groups is 1. The summed E-state index contributed by atoms with van der Waals surface area (Å²) in [4.78, 5) is 15.8. The second kappa shape index (κ2) is 3.82. The average Bonchev–Trinajstić information content (AvgIpc) is 2.24. The van der Waals surface area contributed by atoms with Crippen LogP contribution in [0.2, 0.25) is 0 Å². The molecule has 2 heterocycles. The van der Waals surface area contributed by atoms with Crippen molar-refractivity contribution in [3.05, 3.63) is 40.3 Å². The van der Waals surface area contributed by atoms with Gasteiger partial charge in [-0.2, -0.15) is 0 Å². The fourth-order valence-electron chi connectivity index (χ4n) is 1.70. The summed E-state index contributed by atoms with van der Waals surface area (Å²) in [7, 11) is 0. The molecule has 4 nitrogen and oxygen atoms in total. The van der Waals surface area contributed by atoms with Crippen molar-refractivity contribution in [1.82, 2.24) is 9.55 Å². The predicted molar refractivity (Wildman–Crippen MR) is 57.8 cm³/mol. The zero-order valence-corrected chi connectivity index (χ0v) is 8.47. The second-order valence-electron chi connectivity index (χ2n) is 3.40. The van der Waals surface area contributed by atoms with E-state index in [1.807, 2.05) is 11.5 Å². The van der Waals surface area contributed by atoms with E-state index in [1.54, 1.807) is 24.4 Å². The molecule has 0 saturated heterocycles. The van der Waals surface area contributed by atoms with E-state index in [0.29, 0.717) is 17.6 Å². The number of aromatic nitrogens is 2. The highest BCUT2D eigenvalue weighted by Crippen LogP contribution is 2.09. The first-order valence-electron chi connectivity index (χ1n) is 4.80. The molecule has 0 aliphatic heterocycles. The molecule has 0 radical (unpaired) electrons. The summed E-state index contributed by atoms with van der Waals surface area (Å²) in [5.41, 5.74) is 1.43. The van der Waals surface area contributed by atoms with Gasteiger partial charge in [-0.15, -0.1) is 0 Å². The van der Waals surface area contributed by atoms with Crippen LogP contribution in [0.1, 0.15) is 5.69 Å². The molecule has 2 rings (SSSR count). The predicted octanol–water partition coefficient (Wildman–Crippen LogP) is 0.697. The summed E-state index contributed by atoms with van der Waals surface area (Å²) >= 11 is 0. The Bertz CT molecular complexity index is 546. The maximum absolute atomic E-state index is 11.6. The van der Waals surface area contributed by atoms with Crippen LogP contribution in [0.15, 0.2) is 29.2 Å². The van der Waals surface area contributed by atoms with Crippen LogP contribution in [0.3, 0.4) is 0 Å². The van der Waals surface area contributed by atoms with Gasteiger partial charge >= 0.3 is 0 Å².